The molecule has 0 amide bonds. The zero-order chi connectivity index (χ0) is 19.5. The van der Waals surface area contributed by atoms with Crippen molar-refractivity contribution in [2.45, 2.75) is 6.92 Å². The van der Waals surface area contributed by atoms with Crippen molar-refractivity contribution in [3.63, 3.8) is 0 Å². The number of likely N-dealkylation sites (N-methyl/N-ethyl adjacent to an activating group) is 1. The third-order valence-electron chi connectivity index (χ3n) is 5.52. The van der Waals surface area contributed by atoms with Crippen molar-refractivity contribution in [1.82, 2.24) is 9.88 Å². The summed E-state index contributed by atoms with van der Waals surface area (Å²) >= 11 is 0. The van der Waals surface area contributed by atoms with Gasteiger partial charge in [0.25, 0.3) is 0 Å². The highest BCUT2D eigenvalue weighted by molar-refractivity contribution is 5.95. The van der Waals surface area contributed by atoms with Crippen LogP contribution in [0.2, 0.25) is 0 Å². The summed E-state index contributed by atoms with van der Waals surface area (Å²) in [5, 5.41) is 2.38. The van der Waals surface area contributed by atoms with E-state index in [1.165, 1.54) is 10.8 Å². The van der Waals surface area contributed by atoms with Gasteiger partial charge in [-0.15, -0.1) is 0 Å². The number of anilines is 1. The first kappa shape index (κ1) is 18.6. The van der Waals surface area contributed by atoms with Gasteiger partial charge in [0.2, 0.25) is 0 Å². The molecule has 0 unspecified atom stereocenters. The molecule has 2 heterocycles. The summed E-state index contributed by atoms with van der Waals surface area (Å²) in [6, 6.07) is 16.5. The van der Waals surface area contributed by atoms with Crippen molar-refractivity contribution in [3.8, 4) is 22.8 Å². The lowest BCUT2D eigenvalue weighted by Crippen LogP contribution is -2.46. The van der Waals surface area contributed by atoms with Crippen LogP contribution in [0.4, 0.5) is 5.82 Å². The maximum atomic E-state index is 5.61. The normalized spacial score (nSPS) is 15.0. The van der Waals surface area contributed by atoms with Crippen molar-refractivity contribution >= 4 is 16.6 Å². The molecule has 146 valence electrons. The van der Waals surface area contributed by atoms with E-state index in [4.69, 9.17) is 14.5 Å². The van der Waals surface area contributed by atoms with Crippen molar-refractivity contribution < 1.29 is 9.47 Å². The van der Waals surface area contributed by atoms with Crippen LogP contribution >= 0.6 is 0 Å². The molecule has 1 aliphatic rings. The van der Waals surface area contributed by atoms with Gasteiger partial charge in [-0.1, -0.05) is 31.2 Å². The topological polar surface area (TPSA) is 37.8 Å². The molecule has 1 aromatic heterocycles. The largest absolute Gasteiger partial charge is 0.497 e. The Morgan fingerprint density at radius 2 is 1.71 bits per heavy atom. The van der Waals surface area contributed by atoms with E-state index in [1.54, 1.807) is 14.2 Å². The molecule has 0 bridgehead atoms. The number of methoxy groups -OCH3 is 2. The van der Waals surface area contributed by atoms with Crippen LogP contribution in [0, 0.1) is 0 Å². The monoisotopic (exact) mass is 377 g/mol. The fourth-order valence-electron chi connectivity index (χ4n) is 3.85. The average Bonchev–Trinajstić information content (AvgIpc) is 2.78. The predicted octanol–water partition coefficient (Wildman–Crippen LogP) is 4.06. The zero-order valence-electron chi connectivity index (χ0n) is 16.8. The zero-order valence-corrected chi connectivity index (χ0v) is 16.8. The van der Waals surface area contributed by atoms with Gasteiger partial charge in [-0.2, -0.15) is 0 Å². The minimum absolute atomic E-state index is 0.795. The Labute approximate surface area is 166 Å². The molecule has 0 N–H and O–H groups in total. The van der Waals surface area contributed by atoms with Gasteiger partial charge in [0.15, 0.2) is 0 Å². The molecule has 5 nitrogen and oxygen atoms in total. The lowest BCUT2D eigenvalue weighted by molar-refractivity contribution is 0.271. The Morgan fingerprint density at radius 1 is 0.929 bits per heavy atom. The Balaban J connectivity index is 1.83. The van der Waals surface area contributed by atoms with E-state index in [1.807, 2.05) is 18.2 Å². The number of aromatic nitrogens is 1. The number of hydrogen-bond donors (Lipinski definition) is 0. The second kappa shape index (κ2) is 8.07. The minimum atomic E-state index is 0.795. The molecule has 0 aliphatic carbocycles. The van der Waals surface area contributed by atoms with E-state index in [9.17, 15) is 0 Å². The number of rotatable bonds is 5. The number of hydrogen-bond acceptors (Lipinski definition) is 5. The fraction of sp³-hybridized carbons (Fsp3) is 0.348. The fourth-order valence-corrected chi connectivity index (χ4v) is 3.85. The lowest BCUT2D eigenvalue weighted by Gasteiger charge is -2.35. The van der Waals surface area contributed by atoms with Crippen LogP contribution in [0.15, 0.2) is 48.5 Å². The molecule has 1 aliphatic heterocycles. The molecule has 1 fully saturated rings. The Bertz CT molecular complexity index is 965. The summed E-state index contributed by atoms with van der Waals surface area (Å²) in [5.74, 6) is 2.64. The van der Waals surface area contributed by atoms with Crippen molar-refractivity contribution in [2.75, 3.05) is 51.8 Å². The first-order valence-electron chi connectivity index (χ1n) is 9.83. The quantitative estimate of drug-likeness (QED) is 0.670. The van der Waals surface area contributed by atoms with E-state index in [0.717, 1.165) is 61.3 Å². The molecule has 1 saturated heterocycles. The molecule has 0 saturated carbocycles. The first-order chi connectivity index (χ1) is 13.7. The Morgan fingerprint density at radius 3 is 2.43 bits per heavy atom. The summed E-state index contributed by atoms with van der Waals surface area (Å²) in [7, 11) is 3.37. The Hall–Kier alpha value is -2.79. The predicted molar refractivity (Wildman–Crippen MR) is 115 cm³/mol. The molecule has 2 aromatic carbocycles. The van der Waals surface area contributed by atoms with E-state index in [2.05, 4.69) is 47.1 Å². The van der Waals surface area contributed by atoms with E-state index in [0.29, 0.717) is 0 Å². The number of ether oxygens (including phenoxy) is 2. The molecule has 3 aromatic rings. The number of nitrogens with zero attached hydrogens (tertiary/aromatic N) is 3. The van der Waals surface area contributed by atoms with Gasteiger partial charge in [0.1, 0.15) is 17.3 Å². The number of pyridine rings is 1. The summed E-state index contributed by atoms with van der Waals surface area (Å²) in [4.78, 5) is 9.99. The molecule has 0 spiro atoms. The standard InChI is InChI=1S/C23H27N3O2/c1-4-25-11-13-26(14-12-25)23-19-8-6-5-7-17(19)15-21(24-23)20-16-18(27-2)9-10-22(20)28-3/h5-10,15-16H,4,11-14H2,1-3H3. The van der Waals surface area contributed by atoms with Gasteiger partial charge >= 0.3 is 0 Å². The highest BCUT2D eigenvalue weighted by Gasteiger charge is 2.20. The van der Waals surface area contributed by atoms with Gasteiger partial charge in [-0.3, -0.25) is 0 Å². The highest BCUT2D eigenvalue weighted by atomic mass is 16.5. The molecule has 28 heavy (non-hydrogen) atoms. The third kappa shape index (κ3) is 3.50. The van der Waals surface area contributed by atoms with Crippen LogP contribution in [0.1, 0.15) is 6.92 Å². The summed E-state index contributed by atoms with van der Waals surface area (Å²) < 4.78 is 11.0. The summed E-state index contributed by atoms with van der Waals surface area (Å²) in [5.41, 5.74) is 1.85. The van der Waals surface area contributed by atoms with Crippen molar-refractivity contribution in [2.24, 2.45) is 0 Å². The SMILES string of the molecule is CCN1CCN(c2nc(-c3cc(OC)ccc3OC)cc3ccccc23)CC1. The molecule has 0 atom stereocenters. The number of benzene rings is 2. The molecule has 4 rings (SSSR count). The van der Waals surface area contributed by atoms with Gasteiger partial charge in [0, 0.05) is 37.1 Å². The van der Waals surface area contributed by atoms with Gasteiger partial charge < -0.3 is 19.3 Å². The van der Waals surface area contributed by atoms with E-state index < -0.39 is 0 Å². The van der Waals surface area contributed by atoms with Gasteiger partial charge in [-0.25, -0.2) is 4.98 Å². The number of fused-ring (bicyclic) bond motifs is 1. The van der Waals surface area contributed by atoms with Crippen molar-refractivity contribution in [3.05, 3.63) is 48.5 Å². The molecule has 5 heteroatoms. The van der Waals surface area contributed by atoms with Gasteiger partial charge in [-0.05, 0) is 36.2 Å². The van der Waals surface area contributed by atoms with Crippen LogP contribution in [0.25, 0.3) is 22.0 Å². The molecular weight excluding hydrogens is 350 g/mol. The molecular formula is C23H27N3O2. The van der Waals surface area contributed by atoms with Crippen LogP contribution in [0.5, 0.6) is 11.5 Å². The minimum Gasteiger partial charge on any atom is -0.497 e. The Kier molecular flexibility index (Phi) is 5.35. The van der Waals surface area contributed by atoms with E-state index >= 15 is 0 Å². The smallest absolute Gasteiger partial charge is 0.137 e. The second-order valence-electron chi connectivity index (χ2n) is 7.04. The van der Waals surface area contributed by atoms with Crippen LogP contribution in [0.3, 0.4) is 0 Å². The van der Waals surface area contributed by atoms with E-state index in [-0.39, 0.29) is 0 Å². The maximum absolute atomic E-state index is 5.61. The second-order valence-corrected chi connectivity index (χ2v) is 7.04. The van der Waals surface area contributed by atoms with Crippen LogP contribution in [-0.4, -0.2) is 56.8 Å². The summed E-state index contributed by atoms with van der Waals surface area (Å²) in [6.07, 6.45) is 0. The van der Waals surface area contributed by atoms with Crippen molar-refractivity contribution in [1.29, 1.82) is 0 Å². The van der Waals surface area contributed by atoms with Crippen LogP contribution in [-0.2, 0) is 0 Å². The lowest BCUT2D eigenvalue weighted by atomic mass is 10.0. The maximum Gasteiger partial charge on any atom is 0.137 e. The highest BCUT2D eigenvalue weighted by Crippen LogP contribution is 2.36. The number of piperazine rings is 1. The van der Waals surface area contributed by atoms with Gasteiger partial charge in [0.05, 0.1) is 19.9 Å². The molecule has 0 radical (unpaired) electrons. The third-order valence-corrected chi connectivity index (χ3v) is 5.52. The average molecular weight is 377 g/mol. The first-order valence-corrected chi connectivity index (χ1v) is 9.83. The van der Waals surface area contributed by atoms with Crippen LogP contribution < -0.4 is 14.4 Å². The summed E-state index contributed by atoms with van der Waals surface area (Å²) in [6.45, 7) is 7.44.